The lowest BCUT2D eigenvalue weighted by molar-refractivity contribution is 0.232. The van der Waals surface area contributed by atoms with Crippen LogP contribution < -0.4 is 10.2 Å². The molecule has 4 rings (SSSR count). The molecule has 0 unspecified atom stereocenters. The monoisotopic (exact) mass is 482 g/mol. The van der Waals surface area contributed by atoms with E-state index in [9.17, 15) is 9.18 Å². The number of ether oxygens (including phenoxy) is 1. The number of benzene rings is 1. The lowest BCUT2D eigenvalue weighted by atomic mass is 10.1. The van der Waals surface area contributed by atoms with E-state index in [0.29, 0.717) is 17.1 Å². The van der Waals surface area contributed by atoms with Crippen LogP contribution in [0.15, 0.2) is 47.4 Å². The molecule has 34 heavy (non-hydrogen) atoms. The molecular weight excluding hydrogens is 462 g/mol. The van der Waals surface area contributed by atoms with Crippen LogP contribution in [0, 0.1) is 19.7 Å². The van der Waals surface area contributed by atoms with Crippen LogP contribution >= 0.6 is 11.6 Å². The summed E-state index contributed by atoms with van der Waals surface area (Å²) in [6.45, 7) is 7.24. The molecule has 6 nitrogen and oxygen atoms in total. The highest BCUT2D eigenvalue weighted by molar-refractivity contribution is 6.30. The zero-order chi connectivity index (χ0) is 24.6. The highest BCUT2D eigenvalue weighted by atomic mass is 35.5. The fraction of sp³-hybridized carbons (Fsp3) is 0.200. The van der Waals surface area contributed by atoms with Gasteiger partial charge in [0.05, 0.1) is 11.6 Å². The molecule has 0 aliphatic rings. The lowest BCUT2D eigenvalue weighted by Crippen LogP contribution is -2.19. The maximum Gasteiger partial charge on any atom is 0.236 e. The molecule has 0 N–H and O–H groups in total. The molecule has 0 bridgehead atoms. The average Bonchev–Trinajstić information content (AvgIpc) is 2.76. The molecule has 174 valence electrons. The smallest absolute Gasteiger partial charge is 0.236 e. The van der Waals surface area contributed by atoms with Crippen molar-refractivity contribution < 1.29 is 13.5 Å². The van der Waals surface area contributed by atoms with Crippen LogP contribution in [-0.2, 0) is 0 Å². The SMILES string of the molecule is Cc1cc2c(nc1C)c(=O)c(/C(F)=C/c1ccnc(OC(C)C)c1)nn2-c1ccc(Cl)cc1F. The second kappa shape index (κ2) is 9.30. The van der Waals surface area contributed by atoms with Crippen molar-refractivity contribution >= 4 is 34.5 Å². The Hall–Kier alpha value is -3.65. The third kappa shape index (κ3) is 4.68. The van der Waals surface area contributed by atoms with Crippen molar-refractivity contribution in [3.63, 3.8) is 0 Å². The van der Waals surface area contributed by atoms with Crippen molar-refractivity contribution in [2.75, 3.05) is 0 Å². The molecule has 3 heterocycles. The van der Waals surface area contributed by atoms with Crippen LogP contribution in [0.1, 0.15) is 36.4 Å². The van der Waals surface area contributed by atoms with Gasteiger partial charge < -0.3 is 4.74 Å². The van der Waals surface area contributed by atoms with E-state index in [4.69, 9.17) is 16.3 Å². The van der Waals surface area contributed by atoms with E-state index in [1.807, 2.05) is 20.8 Å². The molecule has 0 aliphatic carbocycles. The lowest BCUT2D eigenvalue weighted by Gasteiger charge is -2.14. The fourth-order valence-corrected chi connectivity index (χ4v) is 3.52. The highest BCUT2D eigenvalue weighted by Gasteiger charge is 2.19. The maximum atomic E-state index is 15.4. The van der Waals surface area contributed by atoms with Crippen LogP contribution in [0.4, 0.5) is 8.78 Å². The fourth-order valence-electron chi connectivity index (χ4n) is 3.36. The number of nitrogens with zero attached hydrogens (tertiary/aromatic N) is 4. The van der Waals surface area contributed by atoms with E-state index in [-0.39, 0.29) is 27.8 Å². The zero-order valence-electron chi connectivity index (χ0n) is 18.9. The molecule has 3 aromatic heterocycles. The van der Waals surface area contributed by atoms with Gasteiger partial charge in [0.2, 0.25) is 11.3 Å². The van der Waals surface area contributed by atoms with Crippen LogP contribution in [0.25, 0.3) is 28.6 Å². The Bertz CT molecular complexity index is 1500. The minimum Gasteiger partial charge on any atom is -0.475 e. The van der Waals surface area contributed by atoms with Gasteiger partial charge in [-0.1, -0.05) is 11.6 Å². The van der Waals surface area contributed by atoms with Crippen LogP contribution in [-0.4, -0.2) is 25.9 Å². The van der Waals surface area contributed by atoms with Crippen molar-refractivity contribution in [2.24, 2.45) is 0 Å². The topological polar surface area (TPSA) is 69.9 Å². The van der Waals surface area contributed by atoms with Gasteiger partial charge in [0.1, 0.15) is 17.0 Å². The molecule has 0 saturated carbocycles. The van der Waals surface area contributed by atoms with Crippen LogP contribution in [0.2, 0.25) is 5.02 Å². The molecule has 9 heteroatoms. The molecule has 0 saturated heterocycles. The standard InChI is InChI=1S/C25H21ClF2N4O2/c1-13(2)34-22-11-16(7-8-29-22)10-19(28)23-25(33)24-21(9-14(3)15(4)30-24)32(31-23)20-6-5-17(26)12-18(20)27/h5-13H,1-4H3/b19-10-. The summed E-state index contributed by atoms with van der Waals surface area (Å²) in [6, 6.07) is 8.80. The molecule has 0 radical (unpaired) electrons. The summed E-state index contributed by atoms with van der Waals surface area (Å²) in [4.78, 5) is 21.6. The second-order valence-corrected chi connectivity index (χ2v) is 8.47. The second-order valence-electron chi connectivity index (χ2n) is 8.03. The Kier molecular flexibility index (Phi) is 6.43. The van der Waals surface area contributed by atoms with Gasteiger partial charge in [-0.2, -0.15) is 5.10 Å². The first-order chi connectivity index (χ1) is 16.1. The van der Waals surface area contributed by atoms with E-state index in [1.165, 1.54) is 23.0 Å². The summed E-state index contributed by atoms with van der Waals surface area (Å²) in [7, 11) is 0. The number of hydrogen-bond acceptors (Lipinski definition) is 5. The molecular formula is C25H21ClF2N4O2. The summed E-state index contributed by atoms with van der Waals surface area (Å²) in [5, 5.41) is 4.38. The summed E-state index contributed by atoms with van der Waals surface area (Å²) >= 11 is 5.89. The average molecular weight is 483 g/mol. The number of hydrogen-bond donors (Lipinski definition) is 0. The molecule has 0 atom stereocenters. The van der Waals surface area contributed by atoms with E-state index in [0.717, 1.165) is 17.7 Å². The predicted octanol–water partition coefficient (Wildman–Crippen LogP) is 5.84. The minimum atomic E-state index is -0.906. The van der Waals surface area contributed by atoms with Crippen LogP contribution in [0.3, 0.4) is 0 Å². The van der Waals surface area contributed by atoms with Gasteiger partial charge in [-0.25, -0.2) is 23.4 Å². The summed E-state index contributed by atoms with van der Waals surface area (Å²) in [5.41, 5.74) is 0.818. The van der Waals surface area contributed by atoms with Gasteiger partial charge >= 0.3 is 0 Å². The van der Waals surface area contributed by atoms with Gasteiger partial charge in [-0.05, 0) is 75.2 Å². The van der Waals surface area contributed by atoms with E-state index < -0.39 is 22.8 Å². The minimum absolute atomic E-state index is 0.00466. The molecule has 0 aliphatic heterocycles. The van der Waals surface area contributed by atoms with Crippen molar-refractivity contribution in [3.05, 3.63) is 86.2 Å². The van der Waals surface area contributed by atoms with E-state index in [2.05, 4.69) is 15.1 Å². The first-order valence-corrected chi connectivity index (χ1v) is 10.9. The third-order valence-electron chi connectivity index (χ3n) is 5.08. The number of fused-ring (bicyclic) bond motifs is 1. The third-order valence-corrected chi connectivity index (χ3v) is 5.31. The molecule has 0 spiro atoms. The van der Waals surface area contributed by atoms with Crippen molar-refractivity contribution in [2.45, 2.75) is 33.8 Å². The van der Waals surface area contributed by atoms with Gasteiger partial charge in [0.25, 0.3) is 0 Å². The number of aromatic nitrogens is 4. The number of rotatable bonds is 5. The number of halogens is 3. The van der Waals surface area contributed by atoms with Gasteiger partial charge in [-0.15, -0.1) is 0 Å². The molecule has 0 fully saturated rings. The zero-order valence-corrected chi connectivity index (χ0v) is 19.7. The van der Waals surface area contributed by atoms with E-state index in [1.54, 1.807) is 25.1 Å². The first-order valence-electron chi connectivity index (χ1n) is 10.5. The van der Waals surface area contributed by atoms with E-state index >= 15 is 4.39 Å². The normalized spacial score (nSPS) is 11.9. The highest BCUT2D eigenvalue weighted by Crippen LogP contribution is 2.25. The maximum absolute atomic E-state index is 15.4. The van der Waals surface area contributed by atoms with Crippen molar-refractivity contribution in [3.8, 4) is 11.6 Å². The largest absolute Gasteiger partial charge is 0.475 e. The van der Waals surface area contributed by atoms with Crippen LogP contribution in [0.5, 0.6) is 5.88 Å². The molecule has 1 aromatic carbocycles. The Balaban J connectivity index is 1.95. The predicted molar refractivity (Wildman–Crippen MR) is 129 cm³/mol. The summed E-state index contributed by atoms with van der Waals surface area (Å²) in [5.74, 6) is -1.27. The van der Waals surface area contributed by atoms with Gasteiger partial charge in [-0.3, -0.25) is 4.79 Å². The quantitative estimate of drug-likeness (QED) is 0.357. The Labute approximate surface area is 199 Å². The Morgan fingerprint density at radius 3 is 2.65 bits per heavy atom. The molecule has 4 aromatic rings. The van der Waals surface area contributed by atoms with Gasteiger partial charge in [0.15, 0.2) is 11.5 Å². The Morgan fingerprint density at radius 1 is 1.18 bits per heavy atom. The van der Waals surface area contributed by atoms with Crippen molar-refractivity contribution in [1.82, 2.24) is 19.7 Å². The first kappa shape index (κ1) is 23.5. The summed E-state index contributed by atoms with van der Waals surface area (Å²) < 4.78 is 36.9. The summed E-state index contributed by atoms with van der Waals surface area (Å²) in [6.07, 6.45) is 2.51. The molecule has 0 amide bonds. The van der Waals surface area contributed by atoms with Crippen molar-refractivity contribution in [1.29, 1.82) is 0 Å². The number of pyridine rings is 2. The number of aryl methyl sites for hydroxylation is 2. The van der Waals surface area contributed by atoms with Gasteiger partial charge in [0, 0.05) is 23.0 Å². The Morgan fingerprint density at radius 2 is 1.94 bits per heavy atom.